The van der Waals surface area contributed by atoms with E-state index in [2.05, 4.69) is 85.8 Å². The number of aromatic amines is 1. The van der Waals surface area contributed by atoms with Crippen molar-refractivity contribution in [1.29, 1.82) is 0 Å². The van der Waals surface area contributed by atoms with Gasteiger partial charge in [0.15, 0.2) is 0 Å². The molecule has 1 aromatic heterocycles. The molecular weight excluding hydrogens is 398 g/mol. The highest BCUT2D eigenvalue weighted by molar-refractivity contribution is 5.83. The molecule has 0 atom stereocenters. The van der Waals surface area contributed by atoms with Gasteiger partial charge in [0.05, 0.1) is 13.2 Å². The highest BCUT2D eigenvalue weighted by Crippen LogP contribution is 2.32. The van der Waals surface area contributed by atoms with Crippen molar-refractivity contribution in [3.8, 4) is 0 Å². The van der Waals surface area contributed by atoms with Gasteiger partial charge in [-0.15, -0.1) is 0 Å². The zero-order valence-corrected chi connectivity index (χ0v) is 18.7. The summed E-state index contributed by atoms with van der Waals surface area (Å²) < 4.78 is 0. The van der Waals surface area contributed by atoms with Crippen molar-refractivity contribution >= 4 is 22.5 Å². The third-order valence-corrected chi connectivity index (χ3v) is 7.01. The number of benzene rings is 2. The Labute approximate surface area is 190 Å². The van der Waals surface area contributed by atoms with Gasteiger partial charge in [-0.25, -0.2) is 0 Å². The maximum absolute atomic E-state index is 12.5. The van der Waals surface area contributed by atoms with Gasteiger partial charge in [-0.2, -0.15) is 0 Å². The molecule has 2 aliphatic rings. The first-order valence-electron chi connectivity index (χ1n) is 11.8. The first-order valence-corrected chi connectivity index (χ1v) is 11.8. The number of para-hydroxylation sites is 2. The van der Waals surface area contributed by atoms with Gasteiger partial charge in [-0.1, -0.05) is 36.4 Å². The Morgan fingerprint density at radius 2 is 1.59 bits per heavy atom. The predicted octanol–water partition coefficient (Wildman–Crippen LogP) is 3.24. The molecule has 0 saturated carbocycles. The van der Waals surface area contributed by atoms with Crippen LogP contribution in [0.1, 0.15) is 24.3 Å². The summed E-state index contributed by atoms with van der Waals surface area (Å²) in [5.41, 5.74) is 3.93. The van der Waals surface area contributed by atoms with Crippen molar-refractivity contribution < 1.29 is 4.79 Å². The minimum atomic E-state index is 0.140. The van der Waals surface area contributed by atoms with E-state index in [0.717, 1.165) is 52.1 Å². The van der Waals surface area contributed by atoms with Gasteiger partial charge in [-0.05, 0) is 55.6 Å². The predicted molar refractivity (Wildman–Crippen MR) is 130 cm³/mol. The molecule has 1 amide bonds. The summed E-state index contributed by atoms with van der Waals surface area (Å²) in [6.45, 7) is 7.07. The Kier molecular flexibility index (Phi) is 6.41. The zero-order chi connectivity index (χ0) is 21.8. The molecule has 168 valence electrons. The standard InChI is InChI=1S/C26H33N5O/c32-26(28-20-30-14-16-31(17-15-30)22-6-2-1-3-7-22)19-29-12-10-21(11-13-29)24-18-27-25-9-5-4-8-23(24)25/h1-9,18,21,27H,10-17,19-20H2,(H,28,32). The third kappa shape index (κ3) is 4.81. The molecule has 2 fully saturated rings. The van der Waals surface area contributed by atoms with E-state index in [4.69, 9.17) is 0 Å². The van der Waals surface area contributed by atoms with Crippen LogP contribution >= 0.6 is 0 Å². The van der Waals surface area contributed by atoms with Crippen molar-refractivity contribution in [3.63, 3.8) is 0 Å². The number of hydrogen-bond acceptors (Lipinski definition) is 4. The largest absolute Gasteiger partial charge is 0.369 e. The van der Waals surface area contributed by atoms with Crippen molar-refractivity contribution in [3.05, 3.63) is 66.4 Å². The van der Waals surface area contributed by atoms with Crippen molar-refractivity contribution in [2.45, 2.75) is 18.8 Å². The monoisotopic (exact) mass is 431 g/mol. The normalized spacial score (nSPS) is 18.8. The SMILES string of the molecule is O=C(CN1CCC(c2c[nH]c3ccccc23)CC1)NCN1CCN(c2ccccc2)CC1. The average Bonchev–Trinajstić information content (AvgIpc) is 3.28. The molecule has 2 saturated heterocycles. The van der Waals surface area contributed by atoms with Crippen LogP contribution in [0.5, 0.6) is 0 Å². The summed E-state index contributed by atoms with van der Waals surface area (Å²) in [4.78, 5) is 23.0. The second kappa shape index (κ2) is 9.76. The van der Waals surface area contributed by atoms with Crippen LogP contribution in [0, 0.1) is 0 Å². The topological polar surface area (TPSA) is 54.6 Å². The number of fused-ring (bicyclic) bond motifs is 1. The molecule has 6 heteroatoms. The van der Waals surface area contributed by atoms with Crippen LogP contribution in [-0.2, 0) is 4.79 Å². The second-order valence-corrected chi connectivity index (χ2v) is 9.04. The lowest BCUT2D eigenvalue weighted by atomic mass is 9.89. The van der Waals surface area contributed by atoms with E-state index in [9.17, 15) is 4.79 Å². The Morgan fingerprint density at radius 3 is 2.38 bits per heavy atom. The number of carbonyl (C=O) groups is 1. The molecule has 2 N–H and O–H groups in total. The van der Waals surface area contributed by atoms with E-state index < -0.39 is 0 Å². The summed E-state index contributed by atoms with van der Waals surface area (Å²) in [6.07, 6.45) is 4.39. The number of rotatable bonds is 6. The van der Waals surface area contributed by atoms with Gasteiger partial charge >= 0.3 is 0 Å². The number of H-pyrrole nitrogens is 1. The highest BCUT2D eigenvalue weighted by Gasteiger charge is 2.24. The number of nitrogens with one attached hydrogen (secondary N) is 2. The Hall–Kier alpha value is -2.83. The van der Waals surface area contributed by atoms with Crippen molar-refractivity contribution in [1.82, 2.24) is 20.1 Å². The number of piperazine rings is 1. The molecule has 0 bridgehead atoms. The number of carbonyl (C=O) groups excluding carboxylic acids is 1. The van der Waals surface area contributed by atoms with E-state index in [0.29, 0.717) is 19.1 Å². The second-order valence-electron chi connectivity index (χ2n) is 9.04. The molecular formula is C26H33N5O. The number of nitrogens with zero attached hydrogens (tertiary/aromatic N) is 3. The molecule has 3 aromatic rings. The number of likely N-dealkylation sites (tertiary alicyclic amines) is 1. The smallest absolute Gasteiger partial charge is 0.235 e. The van der Waals surface area contributed by atoms with Gasteiger partial charge in [0.25, 0.3) is 0 Å². The molecule has 0 unspecified atom stereocenters. The number of piperidine rings is 1. The van der Waals surface area contributed by atoms with Crippen LogP contribution in [-0.4, -0.2) is 73.2 Å². The van der Waals surface area contributed by atoms with Crippen molar-refractivity contribution in [2.24, 2.45) is 0 Å². The Balaban J connectivity index is 1.03. The average molecular weight is 432 g/mol. The summed E-state index contributed by atoms with van der Waals surface area (Å²) in [5, 5.41) is 4.48. The minimum Gasteiger partial charge on any atom is -0.369 e. The van der Waals surface area contributed by atoms with E-state index in [1.807, 2.05) is 0 Å². The molecule has 32 heavy (non-hydrogen) atoms. The molecule has 2 aromatic carbocycles. The van der Waals surface area contributed by atoms with E-state index in [1.165, 1.54) is 22.2 Å². The van der Waals surface area contributed by atoms with Gasteiger partial charge in [0.2, 0.25) is 5.91 Å². The van der Waals surface area contributed by atoms with Gasteiger partial charge in [-0.3, -0.25) is 14.6 Å². The van der Waals surface area contributed by atoms with Gasteiger partial charge < -0.3 is 15.2 Å². The lowest BCUT2D eigenvalue weighted by Crippen LogP contribution is -2.51. The van der Waals surface area contributed by atoms with Crippen LogP contribution < -0.4 is 10.2 Å². The Morgan fingerprint density at radius 1 is 0.875 bits per heavy atom. The molecule has 0 spiro atoms. The van der Waals surface area contributed by atoms with Crippen molar-refractivity contribution in [2.75, 3.05) is 57.4 Å². The quantitative estimate of drug-likeness (QED) is 0.629. The first kappa shape index (κ1) is 21.0. The van der Waals surface area contributed by atoms with Gasteiger partial charge in [0.1, 0.15) is 0 Å². The fourth-order valence-electron chi connectivity index (χ4n) is 5.10. The lowest BCUT2D eigenvalue weighted by Gasteiger charge is -2.36. The van der Waals surface area contributed by atoms with E-state index in [-0.39, 0.29) is 5.91 Å². The van der Waals surface area contributed by atoms with Crippen LogP contribution in [0.2, 0.25) is 0 Å². The highest BCUT2D eigenvalue weighted by atomic mass is 16.2. The molecule has 0 aliphatic carbocycles. The molecule has 6 nitrogen and oxygen atoms in total. The first-order chi connectivity index (χ1) is 15.8. The van der Waals surface area contributed by atoms with E-state index >= 15 is 0 Å². The zero-order valence-electron chi connectivity index (χ0n) is 18.7. The lowest BCUT2D eigenvalue weighted by molar-refractivity contribution is -0.123. The fourth-order valence-corrected chi connectivity index (χ4v) is 5.10. The van der Waals surface area contributed by atoms with E-state index in [1.54, 1.807) is 0 Å². The van der Waals surface area contributed by atoms with Crippen LogP contribution in [0.4, 0.5) is 5.69 Å². The van der Waals surface area contributed by atoms with Crippen LogP contribution in [0.15, 0.2) is 60.8 Å². The molecule has 5 rings (SSSR count). The summed E-state index contributed by atoms with van der Waals surface area (Å²) in [5.74, 6) is 0.715. The number of anilines is 1. The maximum Gasteiger partial charge on any atom is 0.235 e. The third-order valence-electron chi connectivity index (χ3n) is 7.01. The molecule has 3 heterocycles. The number of aromatic nitrogens is 1. The summed E-state index contributed by atoms with van der Waals surface area (Å²) >= 11 is 0. The van der Waals surface area contributed by atoms with Crippen LogP contribution in [0.3, 0.4) is 0 Å². The summed E-state index contributed by atoms with van der Waals surface area (Å²) in [6, 6.07) is 19.1. The maximum atomic E-state index is 12.5. The minimum absolute atomic E-state index is 0.140. The Bertz CT molecular complexity index is 1020. The van der Waals surface area contributed by atoms with Crippen LogP contribution in [0.25, 0.3) is 10.9 Å². The fraction of sp³-hybridized carbons (Fsp3) is 0.423. The summed E-state index contributed by atoms with van der Waals surface area (Å²) in [7, 11) is 0. The van der Waals surface area contributed by atoms with Gasteiger partial charge in [0, 0.05) is 49.0 Å². The molecule has 0 radical (unpaired) electrons. The number of hydrogen-bond donors (Lipinski definition) is 2. The number of amides is 1. The molecule has 2 aliphatic heterocycles.